The molecule has 0 nitrogen and oxygen atoms in total. The SMILES string of the molecule is C=Cc1cc(-c2cccc(-c3ccc(=C/CC)/c(=C\C)c3)c2)ccc1/C=C\C. The first kappa shape index (κ1) is 19.6. The summed E-state index contributed by atoms with van der Waals surface area (Å²) in [6.07, 6.45) is 11.6. The molecule has 0 bridgehead atoms. The summed E-state index contributed by atoms with van der Waals surface area (Å²) in [6.45, 7) is 10.3. The Morgan fingerprint density at radius 3 is 2.07 bits per heavy atom. The van der Waals surface area contributed by atoms with Crippen molar-refractivity contribution in [2.45, 2.75) is 27.2 Å². The van der Waals surface area contributed by atoms with E-state index in [0.29, 0.717) is 0 Å². The fourth-order valence-corrected chi connectivity index (χ4v) is 3.55. The number of rotatable bonds is 5. The fraction of sp³-hybridized carbons (Fsp3) is 0.143. The Kier molecular flexibility index (Phi) is 6.45. The molecule has 0 N–H and O–H groups in total. The van der Waals surface area contributed by atoms with E-state index in [2.05, 4.69) is 105 Å². The minimum Gasteiger partial charge on any atom is -0.0984 e. The van der Waals surface area contributed by atoms with E-state index in [1.165, 1.54) is 38.3 Å². The van der Waals surface area contributed by atoms with Crippen molar-refractivity contribution < 1.29 is 0 Å². The summed E-state index contributed by atoms with van der Waals surface area (Å²) in [7, 11) is 0. The standard InChI is InChI=1S/C28H28/c1-5-10-23-14-16-27(18-21(23)7-3)25-12-9-13-26(20-25)28-17-15-24(11-6-2)22(8-4)19-28/h5,7-20H,3,6H2,1-2,4H3/b10-5-,22-8-,24-11-. The van der Waals surface area contributed by atoms with Gasteiger partial charge in [-0.05, 0) is 82.3 Å². The molecule has 28 heavy (non-hydrogen) atoms. The van der Waals surface area contributed by atoms with E-state index in [1.54, 1.807) is 0 Å². The summed E-state index contributed by atoms with van der Waals surface area (Å²) in [5.74, 6) is 0. The molecule has 0 amide bonds. The maximum atomic E-state index is 3.98. The molecule has 3 aromatic carbocycles. The van der Waals surface area contributed by atoms with Crippen LogP contribution in [0.5, 0.6) is 0 Å². The third-order valence-corrected chi connectivity index (χ3v) is 5.00. The van der Waals surface area contributed by atoms with Crippen molar-refractivity contribution in [3.8, 4) is 22.3 Å². The number of hydrogen-bond donors (Lipinski definition) is 0. The molecule has 0 saturated heterocycles. The third-order valence-electron chi connectivity index (χ3n) is 5.00. The van der Waals surface area contributed by atoms with Gasteiger partial charge in [0.25, 0.3) is 0 Å². The van der Waals surface area contributed by atoms with Crippen LogP contribution in [0.1, 0.15) is 38.3 Å². The van der Waals surface area contributed by atoms with E-state index in [4.69, 9.17) is 0 Å². The van der Waals surface area contributed by atoms with E-state index < -0.39 is 0 Å². The van der Waals surface area contributed by atoms with Crippen LogP contribution in [0.2, 0.25) is 0 Å². The van der Waals surface area contributed by atoms with Crippen LogP contribution in [-0.4, -0.2) is 0 Å². The fourth-order valence-electron chi connectivity index (χ4n) is 3.55. The second-order valence-corrected chi connectivity index (χ2v) is 6.87. The molecule has 3 aromatic rings. The Morgan fingerprint density at radius 1 is 0.750 bits per heavy atom. The molecule has 0 spiro atoms. The molecule has 0 unspecified atom stereocenters. The van der Waals surface area contributed by atoms with Crippen molar-refractivity contribution in [2.75, 3.05) is 0 Å². The summed E-state index contributed by atoms with van der Waals surface area (Å²) in [5.41, 5.74) is 7.27. The van der Waals surface area contributed by atoms with Gasteiger partial charge in [0.2, 0.25) is 0 Å². The monoisotopic (exact) mass is 364 g/mol. The minimum absolute atomic E-state index is 1.05. The predicted octanol–water partition coefficient (Wildman–Crippen LogP) is 6.69. The number of benzene rings is 3. The average molecular weight is 365 g/mol. The first-order chi connectivity index (χ1) is 13.7. The van der Waals surface area contributed by atoms with Crippen LogP contribution >= 0.6 is 0 Å². The molecule has 0 heterocycles. The summed E-state index contributed by atoms with van der Waals surface area (Å²) in [4.78, 5) is 0. The van der Waals surface area contributed by atoms with Gasteiger partial charge in [-0.2, -0.15) is 0 Å². The molecule has 0 aromatic heterocycles. The molecule has 0 aliphatic carbocycles. The lowest BCUT2D eigenvalue weighted by atomic mass is 9.95. The Hall–Kier alpha value is -3.12. The summed E-state index contributed by atoms with van der Waals surface area (Å²) < 4.78 is 0. The smallest absolute Gasteiger partial charge is 0.0177 e. The van der Waals surface area contributed by atoms with Gasteiger partial charge in [-0.1, -0.05) is 86.3 Å². The molecular weight excluding hydrogens is 336 g/mol. The Labute approximate surface area is 168 Å². The zero-order chi connectivity index (χ0) is 19.9. The average Bonchev–Trinajstić information content (AvgIpc) is 2.75. The molecule has 0 heteroatoms. The van der Waals surface area contributed by atoms with Gasteiger partial charge >= 0.3 is 0 Å². The first-order valence-corrected chi connectivity index (χ1v) is 9.96. The zero-order valence-corrected chi connectivity index (χ0v) is 17.1. The summed E-state index contributed by atoms with van der Waals surface area (Å²) in [6, 6.07) is 22.1. The Bertz CT molecular complexity index is 1130. The highest BCUT2D eigenvalue weighted by Crippen LogP contribution is 2.28. The van der Waals surface area contributed by atoms with Gasteiger partial charge in [0.1, 0.15) is 0 Å². The van der Waals surface area contributed by atoms with Crippen LogP contribution in [-0.2, 0) is 0 Å². The summed E-state index contributed by atoms with van der Waals surface area (Å²) in [5, 5.41) is 2.59. The van der Waals surface area contributed by atoms with Crippen molar-refractivity contribution in [3.63, 3.8) is 0 Å². The second kappa shape index (κ2) is 9.19. The predicted molar refractivity (Wildman–Crippen MR) is 126 cm³/mol. The van der Waals surface area contributed by atoms with Gasteiger partial charge in [-0.3, -0.25) is 0 Å². The maximum Gasteiger partial charge on any atom is -0.0177 e. The van der Waals surface area contributed by atoms with E-state index in [-0.39, 0.29) is 0 Å². The first-order valence-electron chi connectivity index (χ1n) is 9.96. The van der Waals surface area contributed by atoms with E-state index in [9.17, 15) is 0 Å². The zero-order valence-electron chi connectivity index (χ0n) is 17.1. The molecule has 0 saturated carbocycles. The van der Waals surface area contributed by atoms with Crippen molar-refractivity contribution >= 4 is 24.3 Å². The van der Waals surface area contributed by atoms with Gasteiger partial charge < -0.3 is 0 Å². The van der Waals surface area contributed by atoms with Crippen molar-refractivity contribution in [1.29, 1.82) is 0 Å². The van der Waals surface area contributed by atoms with Gasteiger partial charge in [0.15, 0.2) is 0 Å². The van der Waals surface area contributed by atoms with Crippen LogP contribution in [0.15, 0.2) is 73.3 Å². The number of hydrogen-bond acceptors (Lipinski definition) is 0. The van der Waals surface area contributed by atoms with Crippen molar-refractivity contribution in [2.24, 2.45) is 0 Å². The van der Waals surface area contributed by atoms with Crippen LogP contribution in [0.3, 0.4) is 0 Å². The lowest BCUT2D eigenvalue weighted by molar-refractivity contribution is 1.28. The van der Waals surface area contributed by atoms with Gasteiger partial charge in [-0.25, -0.2) is 0 Å². The molecule has 0 atom stereocenters. The molecule has 0 aliphatic heterocycles. The molecular formula is C28H28. The van der Waals surface area contributed by atoms with E-state index in [0.717, 1.165) is 12.0 Å². The quantitative estimate of drug-likeness (QED) is 0.473. The van der Waals surface area contributed by atoms with Crippen LogP contribution in [0.4, 0.5) is 0 Å². The lowest BCUT2D eigenvalue weighted by Crippen LogP contribution is -2.23. The molecule has 140 valence electrons. The minimum atomic E-state index is 1.05. The van der Waals surface area contributed by atoms with Crippen LogP contribution < -0.4 is 10.4 Å². The second-order valence-electron chi connectivity index (χ2n) is 6.87. The Balaban J connectivity index is 2.07. The Morgan fingerprint density at radius 2 is 1.43 bits per heavy atom. The van der Waals surface area contributed by atoms with E-state index >= 15 is 0 Å². The topological polar surface area (TPSA) is 0 Å². The lowest BCUT2D eigenvalue weighted by Gasteiger charge is -2.09. The molecule has 3 rings (SSSR count). The molecule has 0 radical (unpaired) electrons. The van der Waals surface area contributed by atoms with Crippen molar-refractivity contribution in [1.82, 2.24) is 0 Å². The van der Waals surface area contributed by atoms with Crippen LogP contribution in [0.25, 0.3) is 46.6 Å². The van der Waals surface area contributed by atoms with Gasteiger partial charge in [0, 0.05) is 0 Å². The van der Waals surface area contributed by atoms with Crippen LogP contribution in [0, 0.1) is 0 Å². The highest BCUT2D eigenvalue weighted by molar-refractivity contribution is 5.77. The maximum absolute atomic E-state index is 3.98. The van der Waals surface area contributed by atoms with Gasteiger partial charge in [0.05, 0.1) is 0 Å². The molecule has 0 aliphatic rings. The third kappa shape index (κ3) is 4.23. The highest BCUT2D eigenvalue weighted by atomic mass is 14.1. The highest BCUT2D eigenvalue weighted by Gasteiger charge is 2.04. The normalized spacial score (nSPS) is 12.7. The summed E-state index contributed by atoms with van der Waals surface area (Å²) >= 11 is 0. The number of allylic oxidation sites excluding steroid dienone is 1. The van der Waals surface area contributed by atoms with Gasteiger partial charge in [-0.15, -0.1) is 0 Å². The van der Waals surface area contributed by atoms with E-state index in [1.807, 2.05) is 13.0 Å². The molecule has 0 fully saturated rings. The van der Waals surface area contributed by atoms with Crippen molar-refractivity contribution in [3.05, 3.63) is 94.9 Å². The largest absolute Gasteiger partial charge is 0.0984 e.